The summed E-state index contributed by atoms with van der Waals surface area (Å²) < 4.78 is 5.11. The summed E-state index contributed by atoms with van der Waals surface area (Å²) in [5.41, 5.74) is 1.00. The first-order valence-corrected chi connectivity index (χ1v) is 10.5. The molecule has 29 heavy (non-hydrogen) atoms. The lowest BCUT2D eigenvalue weighted by Crippen LogP contribution is -2.71. The Kier molecular flexibility index (Phi) is 4.99. The van der Waals surface area contributed by atoms with Gasteiger partial charge in [0.05, 0.1) is 0 Å². The van der Waals surface area contributed by atoms with E-state index in [1.165, 1.54) is 0 Å². The molecule has 2 aromatic carbocycles. The van der Waals surface area contributed by atoms with Crippen molar-refractivity contribution < 1.29 is 14.3 Å². The average molecular weight is 409 g/mol. The van der Waals surface area contributed by atoms with E-state index in [0.717, 1.165) is 11.1 Å². The number of thioether (sulfide) groups is 1. The molecule has 5 nitrogen and oxygen atoms in total. The van der Waals surface area contributed by atoms with E-state index >= 15 is 0 Å². The molecule has 4 rings (SSSR count). The zero-order chi connectivity index (χ0) is 20.6. The third-order valence-electron chi connectivity index (χ3n) is 5.48. The van der Waals surface area contributed by atoms with Crippen LogP contribution in [0.4, 0.5) is 0 Å². The number of esters is 1. The van der Waals surface area contributed by atoms with Gasteiger partial charge >= 0.3 is 5.97 Å². The van der Waals surface area contributed by atoms with E-state index in [1.807, 2.05) is 81.4 Å². The fourth-order valence-corrected chi connectivity index (χ4v) is 5.50. The molecule has 2 aliphatic rings. The molecule has 0 saturated carbocycles. The van der Waals surface area contributed by atoms with Crippen molar-refractivity contribution in [2.75, 3.05) is 0 Å². The highest BCUT2D eigenvalue weighted by Gasteiger charge is 2.69. The predicted octanol–water partition coefficient (Wildman–Crippen LogP) is 3.67. The second-order valence-corrected chi connectivity index (χ2v) is 9.83. The van der Waals surface area contributed by atoms with Crippen molar-refractivity contribution in [1.29, 1.82) is 0 Å². The van der Waals surface area contributed by atoms with Crippen molar-refractivity contribution in [3.05, 3.63) is 71.8 Å². The zero-order valence-electron chi connectivity index (χ0n) is 16.7. The monoisotopic (exact) mass is 408 g/mol. The summed E-state index contributed by atoms with van der Waals surface area (Å²) >= 11 is 1.61. The summed E-state index contributed by atoms with van der Waals surface area (Å²) in [7, 11) is 0. The smallest absolute Gasteiger partial charge is 0.330 e. The molecular formula is C23H24N2O3S. The maximum atomic E-state index is 13.1. The third kappa shape index (κ3) is 3.46. The van der Waals surface area contributed by atoms with Gasteiger partial charge in [-0.2, -0.15) is 0 Å². The summed E-state index contributed by atoms with van der Waals surface area (Å²) in [6.45, 7) is 6.02. The van der Waals surface area contributed by atoms with Crippen molar-refractivity contribution >= 4 is 29.9 Å². The number of nitrogens with zero attached hydrogens (tertiary/aromatic N) is 2. The summed E-state index contributed by atoms with van der Waals surface area (Å²) in [6.07, 6.45) is 1.74. The van der Waals surface area contributed by atoms with Crippen molar-refractivity contribution in [3.63, 3.8) is 0 Å². The highest BCUT2D eigenvalue weighted by atomic mass is 32.2. The van der Waals surface area contributed by atoms with Gasteiger partial charge in [-0.25, -0.2) is 4.79 Å². The molecule has 2 aromatic rings. The summed E-state index contributed by atoms with van der Waals surface area (Å²) in [6, 6.07) is 18.6. The third-order valence-corrected chi connectivity index (χ3v) is 7.22. The number of fused-ring (bicyclic) bond motifs is 1. The van der Waals surface area contributed by atoms with Crippen LogP contribution in [0.5, 0.6) is 0 Å². The van der Waals surface area contributed by atoms with Gasteiger partial charge in [0.2, 0.25) is 0 Å². The normalized spacial score (nSPS) is 27.6. The van der Waals surface area contributed by atoms with Crippen molar-refractivity contribution in [1.82, 2.24) is 4.90 Å². The van der Waals surface area contributed by atoms with Gasteiger partial charge in [0.25, 0.3) is 5.91 Å². The predicted molar refractivity (Wildman–Crippen MR) is 115 cm³/mol. The minimum absolute atomic E-state index is 0.130. The number of ether oxygens (including phenoxy) is 1. The lowest BCUT2D eigenvalue weighted by molar-refractivity contribution is -0.168. The fourth-order valence-electron chi connectivity index (χ4n) is 3.86. The molecule has 6 heteroatoms. The molecule has 1 amide bonds. The molecule has 0 bridgehead atoms. The van der Waals surface area contributed by atoms with Gasteiger partial charge < -0.3 is 9.64 Å². The first kappa shape index (κ1) is 19.7. The van der Waals surface area contributed by atoms with E-state index in [1.54, 1.807) is 22.9 Å². The largest absolute Gasteiger partial charge is 0.459 e. The minimum atomic E-state index is -0.869. The molecule has 2 fully saturated rings. The maximum Gasteiger partial charge on any atom is 0.330 e. The number of aliphatic imine (C=N–C) groups is 1. The number of hydrogen-bond donors (Lipinski definition) is 0. The van der Waals surface area contributed by atoms with E-state index in [9.17, 15) is 9.59 Å². The van der Waals surface area contributed by atoms with Crippen LogP contribution in [0.3, 0.4) is 0 Å². The van der Waals surface area contributed by atoms with E-state index in [4.69, 9.17) is 4.74 Å². The van der Waals surface area contributed by atoms with Crippen molar-refractivity contribution in [2.45, 2.75) is 49.1 Å². The number of hydrogen-bond acceptors (Lipinski definition) is 5. The van der Waals surface area contributed by atoms with E-state index < -0.39 is 16.3 Å². The van der Waals surface area contributed by atoms with Crippen LogP contribution in [-0.2, 0) is 20.9 Å². The molecule has 3 atom stereocenters. The highest BCUT2D eigenvalue weighted by molar-refractivity contribution is 8.01. The first-order valence-electron chi connectivity index (χ1n) is 9.64. The Hall–Kier alpha value is -2.60. The van der Waals surface area contributed by atoms with E-state index in [-0.39, 0.29) is 23.9 Å². The van der Waals surface area contributed by atoms with Gasteiger partial charge in [-0.05, 0) is 31.9 Å². The SMILES string of the molecule is CC1(C)S[C@H]2N(C(=O)[C@]2(C)N=Cc2ccccc2)[C@H]1C(=O)OCc1ccccc1. The molecule has 2 aliphatic heterocycles. The van der Waals surface area contributed by atoms with Gasteiger partial charge in [-0.1, -0.05) is 60.7 Å². The molecule has 2 heterocycles. The molecular weight excluding hydrogens is 384 g/mol. The van der Waals surface area contributed by atoms with Crippen LogP contribution >= 0.6 is 11.8 Å². The molecule has 0 radical (unpaired) electrons. The Labute approximate surface area is 175 Å². The molecule has 2 saturated heterocycles. The van der Waals surface area contributed by atoms with Crippen LogP contribution in [0.25, 0.3) is 0 Å². The van der Waals surface area contributed by atoms with Crippen molar-refractivity contribution in [3.8, 4) is 0 Å². The Morgan fingerprint density at radius 1 is 1.10 bits per heavy atom. The van der Waals surface area contributed by atoms with Gasteiger partial charge in [0, 0.05) is 11.0 Å². The van der Waals surface area contributed by atoms with Crippen LogP contribution < -0.4 is 0 Å². The van der Waals surface area contributed by atoms with Crippen LogP contribution in [0.15, 0.2) is 65.7 Å². The summed E-state index contributed by atoms with van der Waals surface area (Å²) in [5, 5.41) is -0.181. The number of carbonyl (C=O) groups excluding carboxylic acids is 2. The van der Waals surface area contributed by atoms with Gasteiger partial charge in [0.15, 0.2) is 5.54 Å². The van der Waals surface area contributed by atoms with Crippen LogP contribution in [0.2, 0.25) is 0 Å². The molecule has 0 spiro atoms. The molecule has 0 aromatic heterocycles. The standard InChI is InChI=1S/C23H24N2O3S/c1-22(2)18(19(26)28-15-17-12-8-5-9-13-17)25-20(27)23(3,21(25)29-22)24-14-16-10-6-4-7-11-16/h4-14,18,21H,15H2,1-3H3/t18-,21+,23-/m0/s1. The lowest BCUT2D eigenvalue weighted by Gasteiger charge is -2.49. The number of carbonyl (C=O) groups is 2. The Morgan fingerprint density at radius 2 is 1.72 bits per heavy atom. The van der Waals surface area contributed by atoms with Gasteiger partial charge in [-0.15, -0.1) is 11.8 Å². The van der Waals surface area contributed by atoms with Gasteiger partial charge in [0.1, 0.15) is 18.0 Å². The molecule has 0 unspecified atom stereocenters. The molecule has 0 aliphatic carbocycles. The topological polar surface area (TPSA) is 59.0 Å². The molecule has 150 valence electrons. The number of β-lactam (4-membered cyclic amide) rings is 1. The maximum absolute atomic E-state index is 13.1. The zero-order valence-corrected chi connectivity index (χ0v) is 17.6. The summed E-state index contributed by atoms with van der Waals surface area (Å²) in [5.74, 6) is -0.495. The van der Waals surface area contributed by atoms with Crippen molar-refractivity contribution in [2.24, 2.45) is 4.99 Å². The Balaban J connectivity index is 1.50. The first-order chi connectivity index (χ1) is 13.8. The Bertz CT molecular complexity index is 945. The second-order valence-electron chi connectivity index (χ2n) is 8.10. The van der Waals surface area contributed by atoms with E-state index in [2.05, 4.69) is 4.99 Å². The Morgan fingerprint density at radius 3 is 2.38 bits per heavy atom. The summed E-state index contributed by atoms with van der Waals surface area (Å²) in [4.78, 5) is 32.2. The minimum Gasteiger partial charge on any atom is -0.459 e. The lowest BCUT2D eigenvalue weighted by atomic mass is 9.87. The average Bonchev–Trinajstić information content (AvgIpc) is 3.01. The quantitative estimate of drug-likeness (QED) is 0.430. The molecule has 0 N–H and O–H groups in total. The van der Waals surface area contributed by atoms with E-state index in [0.29, 0.717) is 0 Å². The number of rotatable bonds is 5. The number of benzene rings is 2. The number of amides is 1. The highest BCUT2D eigenvalue weighted by Crippen LogP contribution is 2.56. The van der Waals surface area contributed by atoms with Gasteiger partial charge in [-0.3, -0.25) is 9.79 Å². The van der Waals surface area contributed by atoms with Crippen LogP contribution in [-0.4, -0.2) is 44.7 Å². The second kappa shape index (κ2) is 7.34. The van der Waals surface area contributed by atoms with Crippen LogP contribution in [0, 0.1) is 0 Å². The fraction of sp³-hybridized carbons (Fsp3) is 0.348. The van der Waals surface area contributed by atoms with Crippen LogP contribution in [0.1, 0.15) is 31.9 Å².